The summed E-state index contributed by atoms with van der Waals surface area (Å²) in [6, 6.07) is 5.97. The van der Waals surface area contributed by atoms with Crippen LogP contribution in [0.15, 0.2) is 29.2 Å². The molecule has 0 bridgehead atoms. The number of carboxylic acids is 1. The number of aliphatic carboxylic acids is 1. The third kappa shape index (κ3) is 3.21. The van der Waals surface area contributed by atoms with Gasteiger partial charge in [-0.15, -0.1) is 0 Å². The minimum Gasteiger partial charge on any atom is -0.480 e. The maximum atomic E-state index is 12.0. The van der Waals surface area contributed by atoms with Crippen LogP contribution in [-0.2, 0) is 14.8 Å². The zero-order chi connectivity index (χ0) is 13.2. The van der Waals surface area contributed by atoms with Gasteiger partial charge in [-0.05, 0) is 25.0 Å². The Kier molecular flexibility index (Phi) is 3.53. The van der Waals surface area contributed by atoms with Crippen LogP contribution in [0.25, 0.3) is 0 Å². The van der Waals surface area contributed by atoms with Crippen LogP contribution in [-0.4, -0.2) is 32.1 Å². The fourth-order valence-electron chi connectivity index (χ4n) is 1.41. The minimum absolute atomic E-state index is 0.0115. The first kappa shape index (κ1) is 12.8. The van der Waals surface area contributed by atoms with E-state index in [0.717, 1.165) is 12.8 Å². The summed E-state index contributed by atoms with van der Waals surface area (Å²) in [5.74, 6) is -1.11. The fraction of sp³-hybridized carbons (Fsp3) is 0.364. The molecule has 2 N–H and O–H groups in total. The van der Waals surface area contributed by atoms with Crippen LogP contribution < -0.4 is 9.46 Å². The lowest BCUT2D eigenvalue weighted by Gasteiger charge is -2.10. The van der Waals surface area contributed by atoms with E-state index in [0.29, 0.717) is 0 Å². The molecule has 1 saturated carbocycles. The molecule has 7 heteroatoms. The molecule has 0 radical (unpaired) electrons. The van der Waals surface area contributed by atoms with Crippen molar-refractivity contribution in [3.05, 3.63) is 24.3 Å². The van der Waals surface area contributed by atoms with Crippen LogP contribution in [0.5, 0.6) is 5.75 Å². The molecule has 1 aliphatic rings. The van der Waals surface area contributed by atoms with Gasteiger partial charge in [-0.3, -0.25) is 0 Å². The van der Waals surface area contributed by atoms with Crippen molar-refractivity contribution >= 4 is 16.0 Å². The van der Waals surface area contributed by atoms with Crippen molar-refractivity contribution in [3.8, 4) is 5.75 Å². The van der Waals surface area contributed by atoms with Gasteiger partial charge in [-0.25, -0.2) is 17.9 Å². The number of nitrogens with one attached hydrogen (secondary N) is 1. The quantitative estimate of drug-likeness (QED) is 0.790. The molecule has 2 rings (SSSR count). The number of para-hydroxylation sites is 1. The van der Waals surface area contributed by atoms with E-state index in [9.17, 15) is 13.2 Å². The molecule has 1 aromatic rings. The highest BCUT2D eigenvalue weighted by atomic mass is 32.2. The molecule has 0 aliphatic heterocycles. The van der Waals surface area contributed by atoms with Crippen LogP contribution in [0, 0.1) is 0 Å². The first-order chi connectivity index (χ1) is 8.49. The second kappa shape index (κ2) is 4.95. The predicted molar refractivity (Wildman–Crippen MR) is 62.9 cm³/mol. The summed E-state index contributed by atoms with van der Waals surface area (Å²) >= 11 is 0. The molecular weight excluding hydrogens is 258 g/mol. The van der Waals surface area contributed by atoms with Gasteiger partial charge < -0.3 is 9.84 Å². The van der Waals surface area contributed by atoms with E-state index in [1.54, 1.807) is 12.1 Å². The lowest BCUT2D eigenvalue weighted by Crippen LogP contribution is -2.26. The Bertz CT molecular complexity index is 550. The molecule has 0 spiro atoms. The van der Waals surface area contributed by atoms with Crippen LogP contribution in [0.1, 0.15) is 12.8 Å². The number of carbonyl (C=O) groups is 1. The van der Waals surface area contributed by atoms with E-state index in [1.165, 1.54) is 12.1 Å². The number of benzene rings is 1. The van der Waals surface area contributed by atoms with E-state index in [1.807, 2.05) is 0 Å². The first-order valence-electron chi connectivity index (χ1n) is 5.45. The summed E-state index contributed by atoms with van der Waals surface area (Å²) in [5.41, 5.74) is 0. The van der Waals surface area contributed by atoms with Crippen molar-refractivity contribution in [3.63, 3.8) is 0 Å². The number of hydrogen-bond acceptors (Lipinski definition) is 4. The molecule has 18 heavy (non-hydrogen) atoms. The van der Waals surface area contributed by atoms with Gasteiger partial charge >= 0.3 is 5.97 Å². The summed E-state index contributed by atoms with van der Waals surface area (Å²) in [6.07, 6.45) is 1.66. The number of ether oxygens (including phenoxy) is 1. The smallest absolute Gasteiger partial charge is 0.341 e. The second-order valence-corrected chi connectivity index (χ2v) is 5.71. The fourth-order valence-corrected chi connectivity index (χ4v) is 2.87. The molecule has 98 valence electrons. The van der Waals surface area contributed by atoms with Crippen LogP contribution in [0.3, 0.4) is 0 Å². The molecule has 0 aromatic heterocycles. The van der Waals surface area contributed by atoms with Gasteiger partial charge in [-0.2, -0.15) is 0 Å². The number of sulfonamides is 1. The minimum atomic E-state index is -3.64. The van der Waals surface area contributed by atoms with Gasteiger partial charge in [-0.1, -0.05) is 12.1 Å². The van der Waals surface area contributed by atoms with Crippen molar-refractivity contribution in [1.82, 2.24) is 4.72 Å². The third-order valence-corrected chi connectivity index (χ3v) is 3.95. The van der Waals surface area contributed by atoms with Gasteiger partial charge in [0.1, 0.15) is 10.6 Å². The highest BCUT2D eigenvalue weighted by Crippen LogP contribution is 2.27. The molecule has 0 atom stereocenters. The van der Waals surface area contributed by atoms with Gasteiger partial charge in [0, 0.05) is 6.04 Å². The highest BCUT2D eigenvalue weighted by molar-refractivity contribution is 7.89. The summed E-state index contributed by atoms with van der Waals surface area (Å²) in [4.78, 5) is 10.4. The van der Waals surface area contributed by atoms with Crippen LogP contribution in [0.2, 0.25) is 0 Å². The molecule has 0 heterocycles. The number of hydrogen-bond donors (Lipinski definition) is 2. The molecule has 1 aromatic carbocycles. The van der Waals surface area contributed by atoms with Gasteiger partial charge in [0.25, 0.3) is 0 Å². The van der Waals surface area contributed by atoms with Gasteiger partial charge in [0.2, 0.25) is 10.0 Å². The lowest BCUT2D eigenvalue weighted by molar-refractivity contribution is -0.139. The van der Waals surface area contributed by atoms with Crippen molar-refractivity contribution in [2.75, 3.05) is 6.61 Å². The Morgan fingerprint density at radius 1 is 1.39 bits per heavy atom. The molecule has 0 amide bonds. The van der Waals surface area contributed by atoms with E-state index < -0.39 is 22.6 Å². The Hall–Kier alpha value is -1.60. The second-order valence-electron chi connectivity index (χ2n) is 4.02. The highest BCUT2D eigenvalue weighted by Gasteiger charge is 2.29. The Labute approximate surface area is 105 Å². The van der Waals surface area contributed by atoms with E-state index in [-0.39, 0.29) is 16.7 Å². The zero-order valence-corrected chi connectivity index (χ0v) is 10.3. The lowest BCUT2D eigenvalue weighted by atomic mass is 10.3. The molecular formula is C11H13NO5S. The molecule has 0 unspecified atom stereocenters. The topological polar surface area (TPSA) is 92.7 Å². The van der Waals surface area contributed by atoms with Crippen molar-refractivity contribution in [2.24, 2.45) is 0 Å². The van der Waals surface area contributed by atoms with Gasteiger partial charge in [0.15, 0.2) is 6.61 Å². The Morgan fingerprint density at radius 3 is 2.67 bits per heavy atom. The Balaban J connectivity index is 2.22. The summed E-state index contributed by atoms with van der Waals surface area (Å²) in [6.45, 7) is -0.573. The van der Waals surface area contributed by atoms with E-state index in [4.69, 9.17) is 9.84 Å². The molecule has 6 nitrogen and oxygen atoms in total. The summed E-state index contributed by atoms with van der Waals surface area (Å²) in [5, 5.41) is 8.53. The maximum Gasteiger partial charge on any atom is 0.341 e. The monoisotopic (exact) mass is 271 g/mol. The van der Waals surface area contributed by atoms with Crippen LogP contribution in [0.4, 0.5) is 0 Å². The number of carboxylic acid groups (broad SMARTS) is 1. The zero-order valence-electron chi connectivity index (χ0n) is 9.50. The van der Waals surface area contributed by atoms with Crippen molar-refractivity contribution in [2.45, 2.75) is 23.8 Å². The third-order valence-electron chi connectivity index (χ3n) is 2.39. The molecule has 0 saturated heterocycles. The van der Waals surface area contributed by atoms with E-state index in [2.05, 4.69) is 4.72 Å². The first-order valence-corrected chi connectivity index (χ1v) is 6.93. The normalized spacial score (nSPS) is 15.3. The molecule has 1 aliphatic carbocycles. The Morgan fingerprint density at radius 2 is 2.06 bits per heavy atom. The van der Waals surface area contributed by atoms with Crippen molar-refractivity contribution < 1.29 is 23.1 Å². The van der Waals surface area contributed by atoms with Crippen molar-refractivity contribution in [1.29, 1.82) is 0 Å². The number of rotatable bonds is 6. The largest absolute Gasteiger partial charge is 0.480 e. The predicted octanol–water partition coefficient (Wildman–Crippen LogP) is 0.591. The van der Waals surface area contributed by atoms with E-state index >= 15 is 0 Å². The average molecular weight is 271 g/mol. The van der Waals surface area contributed by atoms with Gasteiger partial charge in [0.05, 0.1) is 0 Å². The summed E-state index contributed by atoms with van der Waals surface area (Å²) in [7, 11) is -3.64. The summed E-state index contributed by atoms with van der Waals surface area (Å²) < 4.78 is 31.5. The SMILES string of the molecule is O=C(O)COc1ccccc1S(=O)(=O)NC1CC1. The maximum absolute atomic E-state index is 12.0. The molecule has 1 fully saturated rings. The average Bonchev–Trinajstić information content (AvgIpc) is 3.10. The standard InChI is InChI=1S/C11H13NO5S/c13-11(14)7-17-9-3-1-2-4-10(9)18(15,16)12-8-5-6-8/h1-4,8,12H,5-7H2,(H,13,14). The van der Waals surface area contributed by atoms with Crippen LogP contribution >= 0.6 is 0 Å².